The molecule has 1 atom stereocenters. The van der Waals surface area contributed by atoms with Crippen molar-refractivity contribution in [2.45, 2.75) is 20.3 Å². The lowest BCUT2D eigenvalue weighted by Crippen LogP contribution is -1.88. The molecule has 0 heterocycles. The van der Waals surface area contributed by atoms with Gasteiger partial charge < -0.3 is 0 Å². The van der Waals surface area contributed by atoms with Gasteiger partial charge in [0, 0.05) is 0 Å². The molecular formula is C6H14ClP. The van der Waals surface area contributed by atoms with E-state index < -0.39 is 0 Å². The highest BCUT2D eigenvalue weighted by Crippen LogP contribution is 2.37. The maximum atomic E-state index is 5.79. The molecule has 0 aliphatic heterocycles. The fourth-order valence-corrected chi connectivity index (χ4v) is 1.60. The summed E-state index contributed by atoms with van der Waals surface area (Å²) in [4.78, 5) is 0. The van der Waals surface area contributed by atoms with Crippen molar-refractivity contribution in [3.63, 3.8) is 0 Å². The second-order valence-corrected chi connectivity index (χ2v) is 5.90. The highest BCUT2D eigenvalue weighted by Gasteiger charge is 1.97. The Bertz CT molecular complexity index is 44.5. The molecule has 0 saturated heterocycles. The van der Waals surface area contributed by atoms with Crippen molar-refractivity contribution in [1.29, 1.82) is 0 Å². The van der Waals surface area contributed by atoms with Crippen LogP contribution in [0, 0.1) is 5.92 Å². The standard InChI is InChI=1S/C6H14ClP/c1-6(2)4-5-8(3)7/h6H,4-5H2,1-3H3. The van der Waals surface area contributed by atoms with Crippen molar-refractivity contribution in [1.82, 2.24) is 0 Å². The van der Waals surface area contributed by atoms with E-state index in [4.69, 9.17) is 11.2 Å². The van der Waals surface area contributed by atoms with Crippen molar-refractivity contribution in [2.75, 3.05) is 12.8 Å². The summed E-state index contributed by atoms with van der Waals surface area (Å²) in [6.45, 7) is 6.57. The summed E-state index contributed by atoms with van der Waals surface area (Å²) in [6.07, 6.45) is 2.50. The average molecular weight is 153 g/mol. The van der Waals surface area contributed by atoms with Crippen LogP contribution in [0.25, 0.3) is 0 Å². The Morgan fingerprint density at radius 1 is 1.50 bits per heavy atom. The first-order valence-corrected chi connectivity index (χ1v) is 5.87. The van der Waals surface area contributed by atoms with E-state index in [2.05, 4.69) is 20.5 Å². The van der Waals surface area contributed by atoms with Gasteiger partial charge in [0.25, 0.3) is 0 Å². The topological polar surface area (TPSA) is 0 Å². The van der Waals surface area contributed by atoms with Crippen LogP contribution in [-0.2, 0) is 0 Å². The Hall–Kier alpha value is 0.720. The quantitative estimate of drug-likeness (QED) is 0.545. The number of halogens is 1. The molecule has 1 unspecified atom stereocenters. The molecule has 8 heavy (non-hydrogen) atoms. The van der Waals surface area contributed by atoms with Crippen LogP contribution >= 0.6 is 18.5 Å². The minimum absolute atomic E-state index is 0.161. The highest BCUT2D eigenvalue weighted by atomic mass is 35.7. The van der Waals surface area contributed by atoms with E-state index in [1.54, 1.807) is 0 Å². The maximum absolute atomic E-state index is 5.79. The predicted octanol–water partition coefficient (Wildman–Crippen LogP) is 3.30. The molecule has 0 aliphatic rings. The fourth-order valence-electron chi connectivity index (χ4n) is 0.436. The molecule has 0 aliphatic carbocycles. The average Bonchev–Trinajstić information content (AvgIpc) is 1.61. The van der Waals surface area contributed by atoms with Crippen LogP contribution in [0.3, 0.4) is 0 Å². The fraction of sp³-hybridized carbons (Fsp3) is 1.00. The van der Waals surface area contributed by atoms with Crippen molar-refractivity contribution in [3.8, 4) is 0 Å². The molecule has 0 spiro atoms. The van der Waals surface area contributed by atoms with Crippen molar-refractivity contribution in [3.05, 3.63) is 0 Å². The van der Waals surface area contributed by atoms with Gasteiger partial charge in [0.1, 0.15) is 0 Å². The molecule has 0 bridgehead atoms. The van der Waals surface area contributed by atoms with Gasteiger partial charge in [-0.1, -0.05) is 25.1 Å². The van der Waals surface area contributed by atoms with E-state index in [1.807, 2.05) is 0 Å². The Kier molecular flexibility index (Phi) is 5.00. The van der Waals surface area contributed by atoms with Crippen molar-refractivity contribution in [2.24, 2.45) is 5.92 Å². The number of rotatable bonds is 3. The lowest BCUT2D eigenvalue weighted by molar-refractivity contribution is 0.631. The monoisotopic (exact) mass is 152 g/mol. The summed E-state index contributed by atoms with van der Waals surface area (Å²) >= 11 is 5.79. The van der Waals surface area contributed by atoms with Crippen molar-refractivity contribution < 1.29 is 0 Å². The van der Waals surface area contributed by atoms with Gasteiger partial charge in [-0.15, -0.1) is 0 Å². The Labute approximate surface area is 58.2 Å². The Balaban J connectivity index is 2.93. The Morgan fingerprint density at radius 3 is 2.12 bits per heavy atom. The lowest BCUT2D eigenvalue weighted by Gasteiger charge is -2.04. The first-order valence-electron chi connectivity index (χ1n) is 3.00. The molecule has 50 valence electrons. The summed E-state index contributed by atoms with van der Waals surface area (Å²) in [6, 6.07) is 0. The zero-order valence-corrected chi connectivity index (χ0v) is 7.47. The van der Waals surface area contributed by atoms with Gasteiger partial charge in [-0.25, -0.2) is 0 Å². The second kappa shape index (κ2) is 4.58. The van der Waals surface area contributed by atoms with Crippen LogP contribution in [-0.4, -0.2) is 12.8 Å². The lowest BCUT2D eigenvalue weighted by atomic mass is 10.2. The van der Waals surface area contributed by atoms with Crippen LogP contribution in [0.4, 0.5) is 0 Å². The molecule has 0 rings (SSSR count). The molecule has 0 N–H and O–H groups in total. The first-order chi connectivity index (χ1) is 3.63. The maximum Gasteiger partial charge on any atom is -0.0129 e. The molecule has 0 aromatic rings. The largest absolute Gasteiger partial charge is 0.0967 e. The third-order valence-corrected chi connectivity index (χ3v) is 2.40. The van der Waals surface area contributed by atoms with E-state index in [0.717, 1.165) is 5.92 Å². The second-order valence-electron chi connectivity index (χ2n) is 2.51. The molecule has 0 amide bonds. The van der Waals surface area contributed by atoms with Crippen LogP contribution in [0.2, 0.25) is 0 Å². The number of hydrogen-bond acceptors (Lipinski definition) is 0. The first kappa shape index (κ1) is 8.72. The van der Waals surface area contributed by atoms with Gasteiger partial charge in [-0.2, -0.15) is 0 Å². The van der Waals surface area contributed by atoms with Gasteiger partial charge in [0.05, 0.1) is 0 Å². The van der Waals surface area contributed by atoms with E-state index in [0.29, 0.717) is 0 Å². The van der Waals surface area contributed by atoms with Crippen LogP contribution in [0.5, 0.6) is 0 Å². The minimum atomic E-state index is -0.161. The Morgan fingerprint density at radius 2 is 2.00 bits per heavy atom. The summed E-state index contributed by atoms with van der Waals surface area (Å²) in [7, 11) is -0.161. The minimum Gasteiger partial charge on any atom is -0.0967 e. The third-order valence-electron chi connectivity index (χ3n) is 1.01. The van der Waals surface area contributed by atoms with Gasteiger partial charge >= 0.3 is 0 Å². The van der Waals surface area contributed by atoms with Gasteiger partial charge in [0.15, 0.2) is 0 Å². The normalized spacial score (nSPS) is 14.6. The van der Waals surface area contributed by atoms with E-state index in [-0.39, 0.29) is 7.27 Å². The van der Waals surface area contributed by atoms with Crippen molar-refractivity contribution >= 4 is 18.5 Å². The summed E-state index contributed by atoms with van der Waals surface area (Å²) < 4.78 is 0. The SMILES string of the molecule is CC(C)CCP(C)Cl. The number of hydrogen-bond donors (Lipinski definition) is 0. The third kappa shape index (κ3) is 6.72. The molecule has 0 aromatic heterocycles. The molecule has 2 heteroatoms. The van der Waals surface area contributed by atoms with E-state index in [9.17, 15) is 0 Å². The highest BCUT2D eigenvalue weighted by molar-refractivity contribution is 7.83. The van der Waals surface area contributed by atoms with Gasteiger partial charge in [0.2, 0.25) is 0 Å². The zero-order chi connectivity index (χ0) is 6.57. The van der Waals surface area contributed by atoms with Crippen LogP contribution < -0.4 is 0 Å². The van der Waals surface area contributed by atoms with Crippen LogP contribution in [0.15, 0.2) is 0 Å². The smallest absolute Gasteiger partial charge is 0.0129 e. The molecular weight excluding hydrogens is 138 g/mol. The summed E-state index contributed by atoms with van der Waals surface area (Å²) in [5.74, 6) is 0.818. The summed E-state index contributed by atoms with van der Waals surface area (Å²) in [5.41, 5.74) is 0. The molecule has 0 nitrogen and oxygen atoms in total. The summed E-state index contributed by atoms with van der Waals surface area (Å²) in [5, 5.41) is 0. The molecule has 0 fully saturated rings. The predicted molar refractivity (Wildman–Crippen MR) is 43.0 cm³/mol. The molecule has 0 saturated carbocycles. The van der Waals surface area contributed by atoms with E-state index >= 15 is 0 Å². The van der Waals surface area contributed by atoms with Crippen LogP contribution in [0.1, 0.15) is 20.3 Å². The van der Waals surface area contributed by atoms with E-state index in [1.165, 1.54) is 12.6 Å². The molecule has 0 aromatic carbocycles. The van der Waals surface area contributed by atoms with Gasteiger partial charge in [-0.3, -0.25) is 0 Å². The molecule has 0 radical (unpaired) electrons. The zero-order valence-electron chi connectivity index (χ0n) is 5.82. The van der Waals surface area contributed by atoms with Gasteiger partial charge in [-0.05, 0) is 32.4 Å².